The Labute approximate surface area is 167 Å². The molecule has 2 aliphatic heterocycles. The molecule has 0 aromatic carbocycles. The predicted octanol–water partition coefficient (Wildman–Crippen LogP) is 3.18. The Morgan fingerprint density at radius 2 is 1.75 bits per heavy atom. The predicted molar refractivity (Wildman–Crippen MR) is 110 cm³/mol. The van der Waals surface area contributed by atoms with Crippen molar-refractivity contribution in [3.05, 3.63) is 54.0 Å². The van der Waals surface area contributed by atoms with Gasteiger partial charge in [-0.3, -0.25) is 14.7 Å². The Morgan fingerprint density at radius 3 is 2.50 bits per heavy atom. The summed E-state index contributed by atoms with van der Waals surface area (Å²) in [5, 5.41) is 3.55. The van der Waals surface area contributed by atoms with E-state index in [0.717, 1.165) is 69.9 Å². The number of hydrogen-bond acceptors (Lipinski definition) is 5. The molecule has 2 aromatic rings. The second-order valence-electron chi connectivity index (χ2n) is 7.77. The first-order chi connectivity index (χ1) is 13.8. The number of aromatic nitrogens is 2. The molecule has 1 amide bonds. The lowest BCUT2D eigenvalue weighted by Gasteiger charge is -2.33. The largest absolute Gasteiger partial charge is 0.367 e. The highest BCUT2D eigenvalue weighted by Crippen LogP contribution is 2.22. The van der Waals surface area contributed by atoms with E-state index in [1.165, 1.54) is 6.42 Å². The molecule has 0 bridgehead atoms. The molecule has 4 heterocycles. The van der Waals surface area contributed by atoms with Crippen LogP contribution >= 0.6 is 0 Å². The number of likely N-dealkylation sites (tertiary alicyclic amines) is 2. The Hall–Kier alpha value is -2.47. The van der Waals surface area contributed by atoms with Crippen LogP contribution in [0.1, 0.15) is 48.2 Å². The monoisotopic (exact) mass is 379 g/mol. The lowest BCUT2D eigenvalue weighted by atomic mass is 10.0. The van der Waals surface area contributed by atoms with E-state index in [0.29, 0.717) is 11.6 Å². The molecule has 0 saturated carbocycles. The molecule has 2 aromatic heterocycles. The van der Waals surface area contributed by atoms with Gasteiger partial charge in [0.2, 0.25) is 0 Å². The molecule has 1 N–H and O–H groups in total. The standard InChI is InChI=1S/C22H29N5O/c28-22(27-13-4-1-5-14-27)20-8-6-12-24-21(20)25-18-9-15-26(16-10-18)17-19-7-2-3-11-23-19/h2-3,6-8,11-12,18H,1,4-5,9-10,13-17H2,(H,24,25). The van der Waals surface area contributed by atoms with Crippen LogP contribution < -0.4 is 5.32 Å². The summed E-state index contributed by atoms with van der Waals surface area (Å²) >= 11 is 0. The van der Waals surface area contributed by atoms with E-state index in [-0.39, 0.29) is 5.91 Å². The molecule has 2 saturated heterocycles. The highest BCUT2D eigenvalue weighted by atomic mass is 16.2. The molecule has 148 valence electrons. The van der Waals surface area contributed by atoms with Crippen molar-refractivity contribution in [3.63, 3.8) is 0 Å². The van der Waals surface area contributed by atoms with Crippen LogP contribution in [0.2, 0.25) is 0 Å². The summed E-state index contributed by atoms with van der Waals surface area (Å²) in [7, 11) is 0. The first-order valence-corrected chi connectivity index (χ1v) is 10.4. The molecule has 4 rings (SSSR count). The zero-order valence-corrected chi connectivity index (χ0v) is 16.4. The normalized spacial score (nSPS) is 18.8. The van der Waals surface area contributed by atoms with E-state index in [1.807, 2.05) is 35.4 Å². The quantitative estimate of drug-likeness (QED) is 0.865. The van der Waals surface area contributed by atoms with E-state index in [9.17, 15) is 4.79 Å². The van der Waals surface area contributed by atoms with Crippen molar-refractivity contribution >= 4 is 11.7 Å². The van der Waals surface area contributed by atoms with Crippen LogP contribution in [0.3, 0.4) is 0 Å². The Morgan fingerprint density at radius 1 is 0.964 bits per heavy atom. The lowest BCUT2D eigenvalue weighted by Crippen LogP contribution is -2.40. The van der Waals surface area contributed by atoms with Gasteiger partial charge >= 0.3 is 0 Å². The van der Waals surface area contributed by atoms with Crippen LogP contribution in [-0.2, 0) is 6.54 Å². The summed E-state index contributed by atoms with van der Waals surface area (Å²) in [4.78, 5) is 26.3. The number of hydrogen-bond donors (Lipinski definition) is 1. The van der Waals surface area contributed by atoms with E-state index < -0.39 is 0 Å². The Balaban J connectivity index is 1.34. The molecule has 0 atom stereocenters. The molecule has 6 heteroatoms. The van der Waals surface area contributed by atoms with Gasteiger partial charge in [0.15, 0.2) is 0 Å². The number of nitrogens with one attached hydrogen (secondary N) is 1. The molecule has 2 fully saturated rings. The van der Waals surface area contributed by atoms with Crippen LogP contribution in [0.4, 0.5) is 5.82 Å². The maximum Gasteiger partial charge on any atom is 0.257 e. The van der Waals surface area contributed by atoms with E-state index in [2.05, 4.69) is 26.3 Å². The number of carbonyl (C=O) groups is 1. The van der Waals surface area contributed by atoms with Crippen LogP contribution in [-0.4, -0.2) is 57.9 Å². The molecule has 0 radical (unpaired) electrons. The molecule has 0 spiro atoms. The summed E-state index contributed by atoms with van der Waals surface area (Å²) in [5.41, 5.74) is 1.83. The van der Waals surface area contributed by atoms with Gasteiger partial charge in [-0.05, 0) is 56.4 Å². The van der Waals surface area contributed by atoms with Gasteiger partial charge in [0, 0.05) is 51.2 Å². The third-order valence-electron chi connectivity index (χ3n) is 5.72. The minimum atomic E-state index is 0.114. The molecular weight excluding hydrogens is 350 g/mol. The third kappa shape index (κ3) is 4.68. The van der Waals surface area contributed by atoms with Gasteiger partial charge in [0.05, 0.1) is 11.3 Å². The van der Waals surface area contributed by atoms with Crippen LogP contribution in [0.25, 0.3) is 0 Å². The van der Waals surface area contributed by atoms with Gasteiger partial charge in [-0.25, -0.2) is 4.98 Å². The summed E-state index contributed by atoms with van der Waals surface area (Å²) in [6.45, 7) is 4.67. The third-order valence-corrected chi connectivity index (χ3v) is 5.72. The van der Waals surface area contributed by atoms with Crippen molar-refractivity contribution in [2.75, 3.05) is 31.5 Å². The smallest absolute Gasteiger partial charge is 0.257 e. The SMILES string of the molecule is O=C(c1cccnc1NC1CCN(Cc2ccccn2)CC1)N1CCCCC1. The minimum absolute atomic E-state index is 0.114. The van der Waals surface area contributed by atoms with Crippen molar-refractivity contribution in [1.29, 1.82) is 0 Å². The number of amides is 1. The summed E-state index contributed by atoms with van der Waals surface area (Å²) in [6.07, 6.45) is 9.13. The summed E-state index contributed by atoms with van der Waals surface area (Å²) < 4.78 is 0. The van der Waals surface area contributed by atoms with Gasteiger partial charge < -0.3 is 10.2 Å². The van der Waals surface area contributed by atoms with Gasteiger partial charge in [0.1, 0.15) is 5.82 Å². The second kappa shape index (κ2) is 9.15. The molecule has 28 heavy (non-hydrogen) atoms. The second-order valence-corrected chi connectivity index (χ2v) is 7.77. The number of carbonyl (C=O) groups excluding carboxylic acids is 1. The average molecular weight is 380 g/mol. The minimum Gasteiger partial charge on any atom is -0.367 e. The van der Waals surface area contributed by atoms with Crippen molar-refractivity contribution < 1.29 is 4.79 Å². The van der Waals surface area contributed by atoms with E-state index in [1.54, 1.807) is 6.20 Å². The van der Waals surface area contributed by atoms with Gasteiger partial charge in [-0.2, -0.15) is 0 Å². The summed E-state index contributed by atoms with van der Waals surface area (Å²) in [6, 6.07) is 10.2. The van der Waals surface area contributed by atoms with E-state index >= 15 is 0 Å². The average Bonchev–Trinajstić information content (AvgIpc) is 2.76. The van der Waals surface area contributed by atoms with Crippen LogP contribution in [0, 0.1) is 0 Å². The number of nitrogens with zero attached hydrogens (tertiary/aromatic N) is 4. The summed E-state index contributed by atoms with van der Waals surface area (Å²) in [5.74, 6) is 0.851. The fraction of sp³-hybridized carbons (Fsp3) is 0.500. The fourth-order valence-electron chi connectivity index (χ4n) is 4.11. The molecule has 0 unspecified atom stereocenters. The van der Waals surface area contributed by atoms with Gasteiger partial charge in [0.25, 0.3) is 5.91 Å². The molecule has 0 aliphatic carbocycles. The lowest BCUT2D eigenvalue weighted by molar-refractivity contribution is 0.0725. The highest BCUT2D eigenvalue weighted by Gasteiger charge is 2.24. The van der Waals surface area contributed by atoms with Crippen LogP contribution in [0.15, 0.2) is 42.7 Å². The zero-order chi connectivity index (χ0) is 19.2. The number of rotatable bonds is 5. The van der Waals surface area contributed by atoms with Gasteiger partial charge in [-0.15, -0.1) is 0 Å². The fourth-order valence-corrected chi connectivity index (χ4v) is 4.11. The first kappa shape index (κ1) is 18.9. The van der Waals surface area contributed by atoms with Crippen molar-refractivity contribution in [3.8, 4) is 0 Å². The Kier molecular flexibility index (Phi) is 6.17. The van der Waals surface area contributed by atoms with Crippen molar-refractivity contribution in [2.45, 2.75) is 44.7 Å². The number of piperidine rings is 2. The van der Waals surface area contributed by atoms with Gasteiger partial charge in [-0.1, -0.05) is 6.07 Å². The molecule has 6 nitrogen and oxygen atoms in total. The topological polar surface area (TPSA) is 61.4 Å². The number of anilines is 1. The van der Waals surface area contributed by atoms with Crippen LogP contribution in [0.5, 0.6) is 0 Å². The first-order valence-electron chi connectivity index (χ1n) is 10.4. The highest BCUT2D eigenvalue weighted by molar-refractivity contribution is 5.98. The van der Waals surface area contributed by atoms with Crippen molar-refractivity contribution in [2.24, 2.45) is 0 Å². The van der Waals surface area contributed by atoms with Crippen molar-refractivity contribution in [1.82, 2.24) is 19.8 Å². The Bertz CT molecular complexity index is 768. The van der Waals surface area contributed by atoms with E-state index in [4.69, 9.17) is 0 Å². The zero-order valence-electron chi connectivity index (χ0n) is 16.4. The maximum atomic E-state index is 12.9. The number of pyridine rings is 2. The molecular formula is C22H29N5O. The maximum absolute atomic E-state index is 12.9. The molecule has 2 aliphatic rings.